The van der Waals surface area contributed by atoms with Gasteiger partial charge in [-0.3, -0.25) is 9.36 Å². The molecular formula is C19H16FN3O2. The normalized spacial score (nSPS) is 16.2. The molecule has 0 fully saturated rings. The summed E-state index contributed by atoms with van der Waals surface area (Å²) < 4.78 is 20.1. The van der Waals surface area contributed by atoms with Crippen LogP contribution >= 0.6 is 0 Å². The summed E-state index contributed by atoms with van der Waals surface area (Å²) in [5, 5.41) is 2.89. The van der Waals surface area contributed by atoms with E-state index in [1.165, 1.54) is 12.1 Å². The van der Waals surface area contributed by atoms with Crippen molar-refractivity contribution in [2.24, 2.45) is 0 Å². The Bertz CT molecular complexity index is 917. The predicted octanol–water partition coefficient (Wildman–Crippen LogP) is 3.49. The van der Waals surface area contributed by atoms with E-state index in [-0.39, 0.29) is 17.6 Å². The lowest BCUT2D eigenvalue weighted by atomic mass is 9.90. The maximum Gasteiger partial charge on any atom is 0.226 e. The minimum Gasteiger partial charge on any atom is -0.497 e. The van der Waals surface area contributed by atoms with E-state index >= 15 is 0 Å². The number of nitrogens with zero attached hydrogens (tertiary/aromatic N) is 2. The third-order valence-corrected chi connectivity index (χ3v) is 4.40. The molecule has 0 saturated carbocycles. The van der Waals surface area contributed by atoms with Crippen molar-refractivity contribution in [2.45, 2.75) is 12.3 Å². The number of methoxy groups -OCH3 is 1. The SMILES string of the molecule is COc1ccc(C2CC(=O)Nc3c2ncn3-c2ccc(F)cc2)cc1. The molecule has 1 aliphatic rings. The fourth-order valence-electron chi connectivity index (χ4n) is 3.12. The van der Waals surface area contributed by atoms with E-state index in [2.05, 4.69) is 10.3 Å². The monoisotopic (exact) mass is 337 g/mol. The Kier molecular flexibility index (Phi) is 3.72. The van der Waals surface area contributed by atoms with Crippen molar-refractivity contribution in [2.75, 3.05) is 12.4 Å². The average Bonchev–Trinajstić information content (AvgIpc) is 3.05. The molecule has 5 nitrogen and oxygen atoms in total. The summed E-state index contributed by atoms with van der Waals surface area (Å²) >= 11 is 0. The number of carbonyl (C=O) groups excluding carboxylic acids is 1. The highest BCUT2D eigenvalue weighted by Gasteiger charge is 2.30. The van der Waals surface area contributed by atoms with E-state index in [4.69, 9.17) is 4.74 Å². The summed E-state index contributed by atoms with van der Waals surface area (Å²) in [5.74, 6) is 0.885. The van der Waals surface area contributed by atoms with Crippen molar-refractivity contribution in [1.82, 2.24) is 9.55 Å². The van der Waals surface area contributed by atoms with Crippen molar-refractivity contribution >= 4 is 11.7 Å². The summed E-state index contributed by atoms with van der Waals surface area (Å²) in [6.45, 7) is 0. The number of halogens is 1. The maximum atomic E-state index is 13.2. The van der Waals surface area contributed by atoms with Gasteiger partial charge < -0.3 is 10.1 Å². The van der Waals surface area contributed by atoms with Gasteiger partial charge in [-0.25, -0.2) is 9.37 Å². The van der Waals surface area contributed by atoms with E-state index in [0.717, 1.165) is 22.7 Å². The number of amides is 1. The van der Waals surface area contributed by atoms with Crippen LogP contribution < -0.4 is 10.1 Å². The quantitative estimate of drug-likeness (QED) is 0.796. The van der Waals surface area contributed by atoms with Crippen LogP contribution in [0.2, 0.25) is 0 Å². The van der Waals surface area contributed by atoms with Crippen molar-refractivity contribution in [1.29, 1.82) is 0 Å². The number of benzene rings is 2. The number of hydrogen-bond donors (Lipinski definition) is 1. The summed E-state index contributed by atoms with van der Waals surface area (Å²) in [5.41, 5.74) is 2.54. The van der Waals surface area contributed by atoms with Gasteiger partial charge in [-0.15, -0.1) is 0 Å². The Balaban J connectivity index is 1.76. The molecule has 2 aromatic carbocycles. The van der Waals surface area contributed by atoms with Crippen molar-refractivity contribution in [3.05, 3.63) is 71.9 Å². The van der Waals surface area contributed by atoms with E-state index < -0.39 is 0 Å². The fraction of sp³-hybridized carbons (Fsp3) is 0.158. The van der Waals surface area contributed by atoms with Crippen LogP contribution in [-0.4, -0.2) is 22.6 Å². The van der Waals surface area contributed by atoms with Gasteiger partial charge in [-0.1, -0.05) is 12.1 Å². The number of aromatic nitrogens is 2. The molecule has 3 aromatic rings. The third-order valence-electron chi connectivity index (χ3n) is 4.40. The Morgan fingerprint density at radius 2 is 1.88 bits per heavy atom. The minimum absolute atomic E-state index is 0.0721. The zero-order valence-corrected chi connectivity index (χ0v) is 13.6. The van der Waals surface area contributed by atoms with Crippen LogP contribution in [-0.2, 0) is 4.79 Å². The number of hydrogen-bond acceptors (Lipinski definition) is 3. The summed E-state index contributed by atoms with van der Waals surface area (Å²) in [7, 11) is 1.62. The second-order valence-corrected chi connectivity index (χ2v) is 5.90. The first-order valence-electron chi connectivity index (χ1n) is 7.92. The van der Waals surface area contributed by atoms with Gasteiger partial charge in [0.25, 0.3) is 0 Å². The predicted molar refractivity (Wildman–Crippen MR) is 91.6 cm³/mol. The highest BCUT2D eigenvalue weighted by atomic mass is 19.1. The smallest absolute Gasteiger partial charge is 0.226 e. The van der Waals surface area contributed by atoms with E-state index in [9.17, 15) is 9.18 Å². The fourth-order valence-corrected chi connectivity index (χ4v) is 3.12. The number of carbonyl (C=O) groups is 1. The molecule has 1 amide bonds. The summed E-state index contributed by atoms with van der Waals surface area (Å²) in [4.78, 5) is 16.7. The van der Waals surface area contributed by atoms with E-state index in [1.807, 2.05) is 24.3 Å². The van der Waals surface area contributed by atoms with Crippen molar-refractivity contribution in [3.8, 4) is 11.4 Å². The minimum atomic E-state index is -0.308. The molecule has 1 atom stereocenters. The van der Waals surface area contributed by atoms with Crippen LogP contribution in [0.3, 0.4) is 0 Å². The molecular weight excluding hydrogens is 321 g/mol. The zero-order chi connectivity index (χ0) is 17.4. The Morgan fingerprint density at radius 3 is 2.56 bits per heavy atom. The molecule has 1 N–H and O–H groups in total. The topological polar surface area (TPSA) is 56.1 Å². The van der Waals surface area contributed by atoms with Gasteiger partial charge in [-0.2, -0.15) is 0 Å². The third kappa shape index (κ3) is 2.76. The first kappa shape index (κ1) is 15.4. The van der Waals surface area contributed by atoms with Gasteiger partial charge in [-0.05, 0) is 42.0 Å². The number of rotatable bonds is 3. The molecule has 4 rings (SSSR count). The molecule has 0 saturated heterocycles. The van der Waals surface area contributed by atoms with Crippen molar-refractivity contribution < 1.29 is 13.9 Å². The molecule has 6 heteroatoms. The molecule has 0 bridgehead atoms. The number of nitrogens with one attached hydrogen (secondary N) is 1. The van der Waals surface area contributed by atoms with Gasteiger partial charge in [0.05, 0.1) is 12.8 Å². The number of fused-ring (bicyclic) bond motifs is 1. The number of ether oxygens (including phenoxy) is 1. The lowest BCUT2D eigenvalue weighted by Crippen LogP contribution is -2.24. The van der Waals surface area contributed by atoms with Crippen LogP contribution in [0.1, 0.15) is 23.6 Å². The number of imidazole rings is 1. The lowest BCUT2D eigenvalue weighted by molar-refractivity contribution is -0.116. The van der Waals surface area contributed by atoms with Gasteiger partial charge in [0.2, 0.25) is 5.91 Å². The number of anilines is 1. The lowest BCUT2D eigenvalue weighted by Gasteiger charge is -2.23. The van der Waals surface area contributed by atoms with E-state index in [0.29, 0.717) is 12.2 Å². The van der Waals surface area contributed by atoms with Crippen LogP contribution in [0, 0.1) is 5.82 Å². The van der Waals surface area contributed by atoms with Gasteiger partial charge in [0.1, 0.15) is 23.7 Å². The molecule has 126 valence electrons. The molecule has 2 heterocycles. The molecule has 0 radical (unpaired) electrons. The van der Waals surface area contributed by atoms with Crippen LogP contribution in [0.5, 0.6) is 5.75 Å². The maximum absolute atomic E-state index is 13.2. The molecule has 0 aliphatic carbocycles. The second kappa shape index (κ2) is 6.05. The van der Waals surface area contributed by atoms with Crippen LogP contribution in [0.25, 0.3) is 5.69 Å². The molecule has 1 aliphatic heterocycles. The first-order chi connectivity index (χ1) is 12.2. The van der Waals surface area contributed by atoms with Crippen molar-refractivity contribution in [3.63, 3.8) is 0 Å². The molecule has 1 unspecified atom stereocenters. The highest BCUT2D eigenvalue weighted by molar-refractivity contribution is 5.94. The van der Waals surface area contributed by atoms with Gasteiger partial charge in [0, 0.05) is 18.0 Å². The zero-order valence-electron chi connectivity index (χ0n) is 13.6. The highest BCUT2D eigenvalue weighted by Crippen LogP contribution is 2.37. The largest absolute Gasteiger partial charge is 0.497 e. The first-order valence-corrected chi connectivity index (χ1v) is 7.92. The molecule has 1 aromatic heterocycles. The molecule has 0 spiro atoms. The average molecular weight is 337 g/mol. The Labute approximate surface area is 144 Å². The summed E-state index contributed by atoms with van der Waals surface area (Å²) in [6, 6.07) is 13.7. The second-order valence-electron chi connectivity index (χ2n) is 5.90. The molecule has 25 heavy (non-hydrogen) atoms. The van der Waals surface area contributed by atoms with E-state index in [1.54, 1.807) is 30.1 Å². The summed E-state index contributed by atoms with van der Waals surface area (Å²) in [6.07, 6.45) is 1.99. The Hall–Kier alpha value is -3.15. The van der Waals surface area contributed by atoms with Gasteiger partial charge in [0.15, 0.2) is 0 Å². The standard InChI is InChI=1S/C19H16FN3O2/c1-25-15-8-2-12(3-9-15)16-10-17(24)22-19-18(16)21-11-23(19)14-6-4-13(20)5-7-14/h2-9,11,16H,10H2,1H3,(H,22,24). The van der Waals surface area contributed by atoms with Crippen LogP contribution in [0.4, 0.5) is 10.2 Å². The Morgan fingerprint density at radius 1 is 1.16 bits per heavy atom. The van der Waals surface area contributed by atoms with Crippen LogP contribution in [0.15, 0.2) is 54.9 Å². The van der Waals surface area contributed by atoms with Gasteiger partial charge >= 0.3 is 0 Å².